The summed E-state index contributed by atoms with van der Waals surface area (Å²) in [5, 5.41) is 6.40. The van der Waals surface area contributed by atoms with Gasteiger partial charge in [-0.15, -0.1) is 0 Å². The summed E-state index contributed by atoms with van der Waals surface area (Å²) in [6, 6.07) is 22.3. The fourth-order valence-electron chi connectivity index (χ4n) is 2.45. The van der Waals surface area contributed by atoms with Gasteiger partial charge in [0.25, 0.3) is 0 Å². The molecule has 3 aromatic carbocycles. The third-order valence-electron chi connectivity index (χ3n) is 3.58. The van der Waals surface area contributed by atoms with Crippen molar-refractivity contribution in [2.24, 2.45) is 10.9 Å². The molecule has 0 fully saturated rings. The van der Waals surface area contributed by atoms with Crippen molar-refractivity contribution in [3.63, 3.8) is 0 Å². The quantitative estimate of drug-likeness (QED) is 0.449. The number of fused-ring (bicyclic) bond motifs is 1. The molecule has 0 heterocycles. The number of nitrogens with two attached hydrogens (primary N) is 1. The predicted molar refractivity (Wildman–Crippen MR) is 90.6 cm³/mol. The lowest BCUT2D eigenvalue weighted by Crippen LogP contribution is -2.14. The molecule has 0 aliphatic heterocycles. The zero-order valence-corrected chi connectivity index (χ0v) is 12.5. The second kappa shape index (κ2) is 6.31. The molecule has 0 spiro atoms. The van der Waals surface area contributed by atoms with Crippen LogP contribution in [0.5, 0.6) is 0 Å². The van der Waals surface area contributed by atoms with E-state index in [9.17, 15) is 0 Å². The average molecular weight is 290 g/mol. The van der Waals surface area contributed by atoms with Gasteiger partial charge >= 0.3 is 0 Å². The molecule has 2 N–H and O–H groups in total. The number of amidine groups is 1. The first-order valence-electron chi connectivity index (χ1n) is 7.23. The lowest BCUT2D eigenvalue weighted by atomic mass is 10.1. The van der Waals surface area contributed by atoms with Gasteiger partial charge in [0.2, 0.25) is 0 Å². The third kappa shape index (κ3) is 3.09. The van der Waals surface area contributed by atoms with Gasteiger partial charge in [-0.3, -0.25) is 0 Å². The molecule has 110 valence electrons. The highest BCUT2D eigenvalue weighted by molar-refractivity contribution is 5.97. The Morgan fingerprint density at radius 3 is 2.64 bits per heavy atom. The smallest absolute Gasteiger partial charge is 0.170 e. The minimum Gasteiger partial charge on any atom is -0.389 e. The summed E-state index contributed by atoms with van der Waals surface area (Å²) >= 11 is 0. The minimum absolute atomic E-state index is 0.393. The first-order valence-corrected chi connectivity index (χ1v) is 7.23. The molecule has 3 rings (SSSR count). The van der Waals surface area contributed by atoms with E-state index in [1.165, 1.54) is 10.8 Å². The molecule has 3 heteroatoms. The van der Waals surface area contributed by atoms with Crippen molar-refractivity contribution >= 4 is 16.6 Å². The van der Waals surface area contributed by atoms with Gasteiger partial charge in [-0.1, -0.05) is 71.4 Å². The molecule has 0 atom stereocenters. The van der Waals surface area contributed by atoms with Crippen LogP contribution >= 0.6 is 0 Å². The topological polar surface area (TPSA) is 47.6 Å². The van der Waals surface area contributed by atoms with E-state index in [1.807, 2.05) is 55.5 Å². The van der Waals surface area contributed by atoms with Gasteiger partial charge in [0.15, 0.2) is 5.84 Å². The van der Waals surface area contributed by atoms with Crippen LogP contribution in [-0.4, -0.2) is 5.84 Å². The Hall–Kier alpha value is -2.81. The second-order valence-corrected chi connectivity index (χ2v) is 5.26. The van der Waals surface area contributed by atoms with Crippen LogP contribution in [-0.2, 0) is 11.4 Å². The fraction of sp³-hybridized carbons (Fsp3) is 0.105. The molecule has 0 saturated carbocycles. The molecule has 3 nitrogen and oxygen atoms in total. The fourth-order valence-corrected chi connectivity index (χ4v) is 2.45. The summed E-state index contributed by atoms with van der Waals surface area (Å²) in [6.45, 7) is 2.42. The van der Waals surface area contributed by atoms with Crippen LogP contribution in [0.4, 0.5) is 0 Å². The van der Waals surface area contributed by atoms with Gasteiger partial charge in [0, 0.05) is 5.56 Å². The molecule has 0 aromatic heterocycles. The maximum Gasteiger partial charge on any atom is 0.170 e. The monoisotopic (exact) mass is 290 g/mol. The van der Waals surface area contributed by atoms with Crippen molar-refractivity contribution in [2.75, 3.05) is 0 Å². The average Bonchev–Trinajstić information content (AvgIpc) is 2.55. The lowest BCUT2D eigenvalue weighted by molar-refractivity contribution is 0.131. The minimum atomic E-state index is 0.393. The van der Waals surface area contributed by atoms with Crippen LogP contribution in [0.3, 0.4) is 0 Å². The van der Waals surface area contributed by atoms with Gasteiger partial charge in [-0.05, 0) is 29.3 Å². The van der Waals surface area contributed by atoms with Gasteiger partial charge in [0.05, 0.1) is 0 Å². The largest absolute Gasteiger partial charge is 0.389 e. The van der Waals surface area contributed by atoms with E-state index in [0.29, 0.717) is 12.4 Å². The zero-order chi connectivity index (χ0) is 15.4. The van der Waals surface area contributed by atoms with Crippen LogP contribution in [0.15, 0.2) is 71.9 Å². The van der Waals surface area contributed by atoms with E-state index in [0.717, 1.165) is 16.7 Å². The Morgan fingerprint density at radius 1 is 1.00 bits per heavy atom. The van der Waals surface area contributed by atoms with Crippen LogP contribution in [0.25, 0.3) is 10.8 Å². The number of rotatable bonds is 4. The van der Waals surface area contributed by atoms with Crippen LogP contribution in [0.2, 0.25) is 0 Å². The molecule has 0 aliphatic carbocycles. The van der Waals surface area contributed by atoms with Crippen molar-refractivity contribution in [2.45, 2.75) is 13.5 Å². The van der Waals surface area contributed by atoms with Crippen molar-refractivity contribution in [3.05, 3.63) is 83.4 Å². The van der Waals surface area contributed by atoms with Crippen LogP contribution < -0.4 is 5.73 Å². The summed E-state index contributed by atoms with van der Waals surface area (Å²) in [5.41, 5.74) is 9.08. The highest BCUT2D eigenvalue weighted by atomic mass is 16.6. The number of hydrogen-bond donors (Lipinski definition) is 1. The van der Waals surface area contributed by atoms with Crippen molar-refractivity contribution in [1.29, 1.82) is 0 Å². The molecular weight excluding hydrogens is 272 g/mol. The first kappa shape index (κ1) is 14.1. The van der Waals surface area contributed by atoms with Crippen LogP contribution in [0, 0.1) is 6.92 Å². The van der Waals surface area contributed by atoms with Gasteiger partial charge in [-0.2, -0.15) is 0 Å². The summed E-state index contributed by atoms with van der Waals surface area (Å²) in [6.07, 6.45) is 0. The maximum absolute atomic E-state index is 5.97. The van der Waals surface area contributed by atoms with Crippen molar-refractivity contribution < 1.29 is 4.84 Å². The van der Waals surface area contributed by atoms with E-state index >= 15 is 0 Å². The summed E-state index contributed by atoms with van der Waals surface area (Å²) in [7, 11) is 0. The highest BCUT2D eigenvalue weighted by Crippen LogP contribution is 2.19. The van der Waals surface area contributed by atoms with Gasteiger partial charge in [0.1, 0.15) is 6.61 Å². The second-order valence-electron chi connectivity index (χ2n) is 5.26. The molecule has 22 heavy (non-hydrogen) atoms. The van der Waals surface area contributed by atoms with E-state index in [-0.39, 0.29) is 0 Å². The van der Waals surface area contributed by atoms with Crippen LogP contribution in [0.1, 0.15) is 16.7 Å². The summed E-state index contributed by atoms with van der Waals surface area (Å²) in [5.74, 6) is 0.393. The van der Waals surface area contributed by atoms with Crippen molar-refractivity contribution in [3.8, 4) is 0 Å². The van der Waals surface area contributed by atoms with E-state index in [2.05, 4.69) is 23.4 Å². The van der Waals surface area contributed by atoms with E-state index in [4.69, 9.17) is 10.6 Å². The SMILES string of the molecule is Cc1cccc(/C(N)=N/OCc2cccc3ccccc23)c1. The Balaban J connectivity index is 1.76. The molecule has 0 bridgehead atoms. The normalized spacial score (nSPS) is 11.6. The Labute approximate surface area is 130 Å². The number of hydrogen-bond acceptors (Lipinski definition) is 2. The third-order valence-corrected chi connectivity index (χ3v) is 3.58. The summed E-state index contributed by atoms with van der Waals surface area (Å²) < 4.78 is 0. The molecule has 0 amide bonds. The summed E-state index contributed by atoms with van der Waals surface area (Å²) in [4.78, 5) is 5.45. The Morgan fingerprint density at radius 2 is 1.77 bits per heavy atom. The molecule has 3 aromatic rings. The van der Waals surface area contributed by atoms with E-state index in [1.54, 1.807) is 0 Å². The number of oxime groups is 1. The number of aryl methyl sites for hydroxylation is 1. The maximum atomic E-state index is 5.97. The Bertz CT molecular complexity index is 819. The Kier molecular flexibility index (Phi) is 4.05. The number of benzene rings is 3. The zero-order valence-electron chi connectivity index (χ0n) is 12.5. The molecule has 0 aliphatic rings. The van der Waals surface area contributed by atoms with Crippen molar-refractivity contribution in [1.82, 2.24) is 0 Å². The van der Waals surface area contributed by atoms with Gasteiger partial charge < -0.3 is 10.6 Å². The first-order chi connectivity index (χ1) is 10.7. The number of nitrogens with zero attached hydrogens (tertiary/aromatic N) is 1. The standard InChI is InChI=1S/C19H18N2O/c1-14-6-4-9-16(12-14)19(20)21-22-13-17-10-5-8-15-7-2-3-11-18(15)17/h2-12H,13H2,1H3,(H2,20,21). The van der Waals surface area contributed by atoms with E-state index < -0.39 is 0 Å². The molecular formula is C19H18N2O. The predicted octanol–water partition coefficient (Wildman–Crippen LogP) is 3.99. The van der Waals surface area contributed by atoms with Gasteiger partial charge in [-0.25, -0.2) is 0 Å². The molecule has 0 radical (unpaired) electrons. The lowest BCUT2D eigenvalue weighted by Gasteiger charge is -2.06. The molecule has 0 saturated heterocycles. The molecule has 0 unspecified atom stereocenters. The highest BCUT2D eigenvalue weighted by Gasteiger charge is 2.02.